The van der Waals surface area contributed by atoms with Crippen molar-refractivity contribution < 1.29 is 28.6 Å². The molecule has 0 unspecified atom stereocenters. The predicted octanol–water partition coefficient (Wildman–Crippen LogP) is 2.03. The van der Waals surface area contributed by atoms with E-state index in [2.05, 4.69) is 0 Å². The van der Waals surface area contributed by atoms with Gasteiger partial charge in [0.2, 0.25) is 0 Å². The van der Waals surface area contributed by atoms with Gasteiger partial charge in [0.05, 0.1) is 6.61 Å². The zero-order valence-corrected chi connectivity index (χ0v) is 12.3. The van der Waals surface area contributed by atoms with Gasteiger partial charge in [0.15, 0.2) is 11.5 Å². The number of carbonyl (C=O) groups is 3. The highest BCUT2D eigenvalue weighted by Crippen LogP contribution is 2.29. The van der Waals surface area contributed by atoms with Crippen LogP contribution in [0.4, 0.5) is 0 Å². The molecule has 0 N–H and O–H groups in total. The van der Waals surface area contributed by atoms with Crippen molar-refractivity contribution in [3.05, 3.63) is 23.8 Å². The third-order valence-corrected chi connectivity index (χ3v) is 2.43. The number of carbonyl (C=O) groups excluding carboxylic acids is 3. The largest absolute Gasteiger partial charge is 0.466 e. The van der Waals surface area contributed by atoms with E-state index in [9.17, 15) is 14.4 Å². The molecule has 0 aliphatic rings. The Balaban J connectivity index is 2.75. The predicted molar refractivity (Wildman–Crippen MR) is 74.0 cm³/mol. The van der Waals surface area contributed by atoms with E-state index < -0.39 is 11.9 Å². The van der Waals surface area contributed by atoms with Crippen LogP contribution < -0.4 is 9.47 Å². The molecule has 0 radical (unpaired) electrons. The first-order valence-electron chi connectivity index (χ1n) is 6.51. The molecule has 6 heteroatoms. The van der Waals surface area contributed by atoms with Gasteiger partial charge in [-0.1, -0.05) is 6.07 Å². The smallest absolute Gasteiger partial charge is 0.308 e. The number of hydrogen-bond donors (Lipinski definition) is 0. The van der Waals surface area contributed by atoms with E-state index in [-0.39, 0.29) is 17.5 Å². The molecule has 1 aromatic rings. The second-order valence-corrected chi connectivity index (χ2v) is 4.41. The van der Waals surface area contributed by atoms with E-state index in [0.717, 1.165) is 5.56 Å². The van der Waals surface area contributed by atoms with Crippen LogP contribution in [-0.4, -0.2) is 24.5 Å². The first-order chi connectivity index (χ1) is 9.88. The van der Waals surface area contributed by atoms with Gasteiger partial charge in [0.25, 0.3) is 0 Å². The number of esters is 3. The molecule has 114 valence electrons. The maximum Gasteiger partial charge on any atom is 0.308 e. The van der Waals surface area contributed by atoms with Crippen LogP contribution in [0.25, 0.3) is 0 Å². The van der Waals surface area contributed by atoms with Crippen molar-refractivity contribution in [3.63, 3.8) is 0 Å². The Bertz CT molecular complexity index is 535. The van der Waals surface area contributed by atoms with Crippen LogP contribution in [0, 0.1) is 0 Å². The average Bonchev–Trinajstić information content (AvgIpc) is 2.36. The summed E-state index contributed by atoms with van der Waals surface area (Å²) in [6.45, 7) is 4.21. The van der Waals surface area contributed by atoms with E-state index in [1.54, 1.807) is 18.2 Å². The molecule has 6 nitrogen and oxygen atoms in total. The molecule has 0 heterocycles. The Morgan fingerprint density at radius 1 is 0.905 bits per heavy atom. The lowest BCUT2D eigenvalue weighted by molar-refractivity contribution is -0.141. The molecule has 21 heavy (non-hydrogen) atoms. The van der Waals surface area contributed by atoms with E-state index >= 15 is 0 Å². The zero-order chi connectivity index (χ0) is 15.8. The number of hydrogen-bond acceptors (Lipinski definition) is 6. The van der Waals surface area contributed by atoms with Gasteiger partial charge in [-0.25, -0.2) is 0 Å². The first kappa shape index (κ1) is 16.7. The molecule has 0 saturated carbocycles. The maximum atomic E-state index is 11.1. The molecule has 1 rings (SSSR count). The van der Waals surface area contributed by atoms with Gasteiger partial charge in [-0.15, -0.1) is 0 Å². The molecule has 0 bridgehead atoms. The van der Waals surface area contributed by atoms with Crippen molar-refractivity contribution >= 4 is 17.9 Å². The maximum absolute atomic E-state index is 11.1. The SMILES string of the molecule is CC(=O)OCCCc1ccc(OC(C)=O)c(OC(C)=O)c1. The summed E-state index contributed by atoms with van der Waals surface area (Å²) in [5.41, 5.74) is 0.884. The second kappa shape index (κ2) is 8.04. The summed E-state index contributed by atoms with van der Waals surface area (Å²) < 4.78 is 14.8. The molecule has 0 saturated heterocycles. The fourth-order valence-electron chi connectivity index (χ4n) is 1.67. The fourth-order valence-corrected chi connectivity index (χ4v) is 1.67. The van der Waals surface area contributed by atoms with Crippen LogP contribution in [0.15, 0.2) is 18.2 Å². The summed E-state index contributed by atoms with van der Waals surface area (Å²) >= 11 is 0. The van der Waals surface area contributed by atoms with Crippen molar-refractivity contribution in [2.75, 3.05) is 6.61 Å². The van der Waals surface area contributed by atoms with Crippen molar-refractivity contribution in [2.45, 2.75) is 33.6 Å². The molecular weight excluding hydrogens is 276 g/mol. The monoisotopic (exact) mass is 294 g/mol. The quantitative estimate of drug-likeness (QED) is 0.454. The van der Waals surface area contributed by atoms with Gasteiger partial charge in [0.1, 0.15) is 0 Å². The summed E-state index contributed by atoms with van der Waals surface area (Å²) in [5.74, 6) is -0.920. The summed E-state index contributed by atoms with van der Waals surface area (Å²) in [7, 11) is 0. The normalized spacial score (nSPS) is 9.86. The minimum Gasteiger partial charge on any atom is -0.466 e. The molecule has 0 amide bonds. The number of rotatable bonds is 6. The Morgan fingerprint density at radius 3 is 2.10 bits per heavy atom. The van der Waals surface area contributed by atoms with Crippen LogP contribution in [0.1, 0.15) is 32.8 Å². The van der Waals surface area contributed by atoms with Crippen LogP contribution in [0.5, 0.6) is 11.5 Å². The van der Waals surface area contributed by atoms with Crippen LogP contribution >= 0.6 is 0 Å². The van der Waals surface area contributed by atoms with Gasteiger partial charge in [-0.3, -0.25) is 14.4 Å². The third kappa shape index (κ3) is 6.56. The molecule has 0 atom stereocenters. The summed E-state index contributed by atoms with van der Waals surface area (Å²) in [6.07, 6.45) is 1.29. The topological polar surface area (TPSA) is 78.9 Å². The van der Waals surface area contributed by atoms with Gasteiger partial charge in [0, 0.05) is 20.8 Å². The van der Waals surface area contributed by atoms with Crippen molar-refractivity contribution in [2.24, 2.45) is 0 Å². The highest BCUT2D eigenvalue weighted by Gasteiger charge is 2.11. The summed E-state index contributed by atoms with van der Waals surface area (Å²) in [4.78, 5) is 32.7. The second-order valence-electron chi connectivity index (χ2n) is 4.41. The minimum absolute atomic E-state index is 0.196. The van der Waals surface area contributed by atoms with Gasteiger partial charge in [-0.05, 0) is 30.5 Å². The molecule has 1 aromatic carbocycles. The lowest BCUT2D eigenvalue weighted by atomic mass is 10.1. The minimum atomic E-state index is -0.500. The summed E-state index contributed by atoms with van der Waals surface area (Å²) in [5, 5.41) is 0. The Labute approximate surface area is 123 Å². The van der Waals surface area contributed by atoms with E-state index in [0.29, 0.717) is 19.4 Å². The van der Waals surface area contributed by atoms with Crippen molar-refractivity contribution in [1.29, 1.82) is 0 Å². The Hall–Kier alpha value is -2.37. The number of ether oxygens (including phenoxy) is 3. The van der Waals surface area contributed by atoms with E-state index in [1.807, 2.05) is 0 Å². The van der Waals surface area contributed by atoms with E-state index in [4.69, 9.17) is 14.2 Å². The fraction of sp³-hybridized carbons (Fsp3) is 0.400. The van der Waals surface area contributed by atoms with Crippen molar-refractivity contribution in [3.8, 4) is 11.5 Å². The third-order valence-electron chi connectivity index (χ3n) is 2.43. The number of aryl methyl sites for hydroxylation is 1. The lowest BCUT2D eigenvalue weighted by Gasteiger charge is -2.10. The standard InChI is InChI=1S/C15H18O6/c1-10(16)19-8-4-5-13-6-7-14(20-11(2)17)15(9-13)21-12(3)18/h6-7,9H,4-5,8H2,1-3H3. The molecule has 0 fully saturated rings. The lowest BCUT2D eigenvalue weighted by Crippen LogP contribution is -2.08. The molecule has 0 aliphatic carbocycles. The first-order valence-corrected chi connectivity index (χ1v) is 6.51. The van der Waals surface area contributed by atoms with E-state index in [1.165, 1.54) is 20.8 Å². The number of benzene rings is 1. The van der Waals surface area contributed by atoms with Crippen LogP contribution in [0.3, 0.4) is 0 Å². The average molecular weight is 294 g/mol. The highest BCUT2D eigenvalue weighted by atomic mass is 16.6. The molecular formula is C15H18O6. The Morgan fingerprint density at radius 2 is 1.52 bits per heavy atom. The Kier molecular flexibility index (Phi) is 6.39. The molecule has 0 aromatic heterocycles. The van der Waals surface area contributed by atoms with Gasteiger partial charge in [-0.2, -0.15) is 0 Å². The van der Waals surface area contributed by atoms with Gasteiger partial charge >= 0.3 is 17.9 Å². The van der Waals surface area contributed by atoms with Crippen molar-refractivity contribution in [1.82, 2.24) is 0 Å². The summed E-state index contributed by atoms with van der Waals surface area (Å²) in [6, 6.07) is 4.97. The van der Waals surface area contributed by atoms with Gasteiger partial charge < -0.3 is 14.2 Å². The molecule has 0 spiro atoms. The van der Waals surface area contributed by atoms with Crippen LogP contribution in [-0.2, 0) is 25.5 Å². The highest BCUT2D eigenvalue weighted by molar-refractivity contribution is 5.73. The zero-order valence-electron chi connectivity index (χ0n) is 12.3. The molecule has 0 aliphatic heterocycles. The van der Waals surface area contributed by atoms with Crippen LogP contribution in [0.2, 0.25) is 0 Å².